The number of imide groups is 2. The van der Waals surface area contributed by atoms with Crippen LogP contribution in [0.15, 0.2) is 42.9 Å². The predicted octanol–water partition coefficient (Wildman–Crippen LogP) is 4.35. The van der Waals surface area contributed by atoms with Crippen LogP contribution in [0.5, 0.6) is 0 Å². The van der Waals surface area contributed by atoms with Gasteiger partial charge in [-0.15, -0.1) is 0 Å². The molecule has 2 bridgehead atoms. The second kappa shape index (κ2) is 16.8. The van der Waals surface area contributed by atoms with Gasteiger partial charge in [-0.2, -0.15) is 10.2 Å². The molecule has 11 rings (SSSR count). The number of carbonyl (C=O) groups is 5. The summed E-state index contributed by atoms with van der Waals surface area (Å²) >= 11 is 0. The highest BCUT2D eigenvalue weighted by Crippen LogP contribution is 2.39. The largest absolute Gasteiger partial charge is 0.381 e. The number of hydrogen-bond acceptors (Lipinski definition) is 13. The normalized spacial score (nSPS) is 28.3. The van der Waals surface area contributed by atoms with E-state index in [9.17, 15) is 32.8 Å². The van der Waals surface area contributed by atoms with Crippen LogP contribution in [0, 0.1) is 5.92 Å². The summed E-state index contributed by atoms with van der Waals surface area (Å²) in [4.78, 5) is 74.8. The van der Waals surface area contributed by atoms with Gasteiger partial charge in [0.05, 0.1) is 60.0 Å². The molecule has 6 fully saturated rings. The summed E-state index contributed by atoms with van der Waals surface area (Å²) in [5, 5.41) is 16.9. The number of amides is 5. The summed E-state index contributed by atoms with van der Waals surface area (Å²) in [5.74, 6) is -1.45. The van der Waals surface area contributed by atoms with E-state index in [2.05, 4.69) is 35.9 Å². The van der Waals surface area contributed by atoms with E-state index >= 15 is 0 Å². The Balaban J connectivity index is 0.629. The molecule has 2 aliphatic carbocycles. The molecule has 0 spiro atoms. The lowest BCUT2D eigenvalue weighted by molar-refractivity contribution is -0.136. The Morgan fingerprint density at radius 1 is 0.938 bits per heavy atom. The van der Waals surface area contributed by atoms with Gasteiger partial charge in [-0.25, -0.2) is 18.3 Å². The van der Waals surface area contributed by atoms with E-state index in [1.54, 1.807) is 29.1 Å². The maximum atomic E-state index is 14.3. The van der Waals surface area contributed by atoms with Gasteiger partial charge in [-0.05, 0) is 88.3 Å². The average molecular weight is 896 g/mol. The van der Waals surface area contributed by atoms with Crippen LogP contribution >= 0.6 is 0 Å². The van der Waals surface area contributed by atoms with Gasteiger partial charge in [0.2, 0.25) is 11.8 Å². The van der Waals surface area contributed by atoms with Crippen LogP contribution in [0.1, 0.15) is 120 Å². The molecule has 8 heterocycles. The van der Waals surface area contributed by atoms with Crippen molar-refractivity contribution >= 4 is 52.4 Å². The van der Waals surface area contributed by atoms with E-state index in [0.29, 0.717) is 23.9 Å². The quantitative estimate of drug-likeness (QED) is 0.170. The van der Waals surface area contributed by atoms with E-state index in [-0.39, 0.29) is 71.7 Å². The Hall–Kier alpha value is -5.86. The van der Waals surface area contributed by atoms with E-state index in [0.717, 1.165) is 94.7 Å². The number of hydrogen-bond donors (Lipinski definition) is 3. The molecule has 0 radical (unpaired) electrons. The maximum Gasteiger partial charge on any atom is 0.284 e. The standard InChI is InChI=1S/C45H51F2N11O7/c46-40(47)39-34(50-42(60)32-19-48-56-15-12-36(51-41(32)56)55-21-30-18-27(55)23-64-30)22-57(53-39)26-6-4-24(5-7-26)20-54-13-10-28(11-14-54)65-29-16-25(17-29)49-33-3-1-2-31-38(33)45(63)58(44(31)62)35-8-9-37(59)52-43(35)61/h1-3,12,15,19,22,24-30,35,40,49H,4-11,13-14,16-18,20-21,23H2,(H,50,60)(H,52,59,61)/t24?,25?,26?,27-,29?,30-,35?/m1/s1. The summed E-state index contributed by atoms with van der Waals surface area (Å²) in [6, 6.07) is 6.21. The summed E-state index contributed by atoms with van der Waals surface area (Å²) in [7, 11) is 0. The van der Waals surface area contributed by atoms with Gasteiger partial charge in [0.25, 0.3) is 24.1 Å². The van der Waals surface area contributed by atoms with Crippen molar-refractivity contribution in [3.05, 3.63) is 65.2 Å². The van der Waals surface area contributed by atoms with Crippen molar-refractivity contribution in [2.75, 3.05) is 48.3 Å². The number of aromatic nitrogens is 5. The molecule has 4 saturated heterocycles. The molecule has 65 heavy (non-hydrogen) atoms. The van der Waals surface area contributed by atoms with Crippen LogP contribution in [0.4, 0.5) is 26.0 Å². The molecule has 1 unspecified atom stereocenters. The zero-order valence-corrected chi connectivity index (χ0v) is 35.7. The molecule has 18 nitrogen and oxygen atoms in total. The third-order valence-corrected chi connectivity index (χ3v) is 14.6. The van der Waals surface area contributed by atoms with Crippen molar-refractivity contribution < 1.29 is 42.2 Å². The number of ether oxygens (including phenoxy) is 2. The number of rotatable bonds is 12. The highest BCUT2D eigenvalue weighted by atomic mass is 19.3. The summed E-state index contributed by atoms with van der Waals surface area (Å²) in [6.45, 7) is 4.22. The number of anilines is 3. The van der Waals surface area contributed by atoms with Crippen molar-refractivity contribution in [2.45, 2.75) is 120 Å². The number of likely N-dealkylation sites (tertiary alicyclic amines) is 1. The minimum Gasteiger partial charge on any atom is -0.381 e. The summed E-state index contributed by atoms with van der Waals surface area (Å²) < 4.78 is 44.0. The lowest BCUT2D eigenvalue weighted by Gasteiger charge is -2.41. The third kappa shape index (κ3) is 7.92. The molecule has 7 aliphatic rings. The zero-order valence-electron chi connectivity index (χ0n) is 35.7. The number of nitrogens with one attached hydrogen (secondary N) is 3. The van der Waals surface area contributed by atoms with Gasteiger partial charge < -0.3 is 29.9 Å². The molecule has 3 N–H and O–H groups in total. The molecule has 342 valence electrons. The van der Waals surface area contributed by atoms with E-state index in [1.807, 2.05) is 6.07 Å². The van der Waals surface area contributed by atoms with Gasteiger partial charge >= 0.3 is 0 Å². The second-order valence-corrected chi connectivity index (χ2v) is 18.7. The number of halogens is 2. The number of fused-ring (bicyclic) bond motifs is 4. The van der Waals surface area contributed by atoms with Gasteiger partial charge in [0.15, 0.2) is 11.3 Å². The number of benzene rings is 1. The van der Waals surface area contributed by atoms with Gasteiger partial charge in [0.1, 0.15) is 17.4 Å². The molecule has 3 aromatic heterocycles. The first-order valence-corrected chi connectivity index (χ1v) is 22.9. The minimum absolute atomic E-state index is 0.0102. The molecular formula is C45H51F2N11O7. The van der Waals surface area contributed by atoms with Crippen molar-refractivity contribution in [3.8, 4) is 0 Å². The van der Waals surface area contributed by atoms with Crippen molar-refractivity contribution in [1.82, 2.24) is 39.5 Å². The van der Waals surface area contributed by atoms with Crippen LogP contribution in [-0.2, 0) is 19.1 Å². The van der Waals surface area contributed by atoms with Crippen LogP contribution in [-0.4, -0.2) is 133 Å². The van der Waals surface area contributed by atoms with Crippen LogP contribution in [0.3, 0.4) is 0 Å². The van der Waals surface area contributed by atoms with Gasteiger partial charge in [-0.1, -0.05) is 6.07 Å². The fourth-order valence-corrected chi connectivity index (χ4v) is 11.0. The number of carbonyl (C=O) groups excluding carboxylic acids is 5. The topological polar surface area (TPSA) is 198 Å². The minimum atomic E-state index is -2.87. The number of piperidine rings is 2. The summed E-state index contributed by atoms with van der Waals surface area (Å²) in [6.07, 6.45) is 10.3. The molecular weight excluding hydrogens is 845 g/mol. The SMILES string of the molecule is O=C1CCC(N2C(=O)c3cccc(NC4CC(OC5CCN(CC6CCC(n7cc(NC(=O)c8cnn9ccc(N%10C[C@H]%11C[C@@H]%10CO%11)nc89)c(C(F)F)n7)CC6)CC5)C4)c3C2=O)C(=O)N1. The molecule has 5 amide bonds. The number of morpholine rings is 1. The Morgan fingerprint density at radius 2 is 1.75 bits per heavy atom. The van der Waals surface area contributed by atoms with Crippen molar-refractivity contribution in [2.24, 2.45) is 5.92 Å². The fraction of sp³-hybridized carbons (Fsp3) is 0.556. The van der Waals surface area contributed by atoms with E-state index in [4.69, 9.17) is 14.5 Å². The third-order valence-electron chi connectivity index (χ3n) is 14.6. The van der Waals surface area contributed by atoms with Crippen LogP contribution in [0.2, 0.25) is 0 Å². The monoisotopic (exact) mass is 895 g/mol. The molecule has 1 aromatic carbocycles. The van der Waals surface area contributed by atoms with Gasteiger partial charge in [-0.3, -0.25) is 38.9 Å². The first-order chi connectivity index (χ1) is 31.5. The molecule has 2 saturated carbocycles. The van der Waals surface area contributed by atoms with Crippen LogP contribution in [0.25, 0.3) is 5.65 Å². The molecule has 5 aliphatic heterocycles. The highest BCUT2D eigenvalue weighted by Gasteiger charge is 2.46. The Morgan fingerprint density at radius 3 is 2.49 bits per heavy atom. The van der Waals surface area contributed by atoms with Crippen molar-refractivity contribution in [1.29, 1.82) is 0 Å². The lowest BCUT2D eigenvalue weighted by atomic mass is 9.85. The zero-order chi connectivity index (χ0) is 44.5. The van der Waals surface area contributed by atoms with E-state index < -0.39 is 47.7 Å². The first-order valence-electron chi connectivity index (χ1n) is 22.9. The Kier molecular flexibility index (Phi) is 10.8. The molecule has 3 atom stereocenters. The highest BCUT2D eigenvalue weighted by molar-refractivity contribution is 6.25. The predicted molar refractivity (Wildman–Crippen MR) is 229 cm³/mol. The lowest BCUT2D eigenvalue weighted by Crippen LogP contribution is -2.54. The maximum absolute atomic E-state index is 14.3. The van der Waals surface area contributed by atoms with Crippen LogP contribution < -0.4 is 20.9 Å². The second-order valence-electron chi connectivity index (χ2n) is 18.7. The molecule has 4 aromatic rings. The first kappa shape index (κ1) is 41.8. The van der Waals surface area contributed by atoms with Gasteiger partial charge in [0, 0.05) is 56.7 Å². The number of nitrogens with zero attached hydrogens (tertiary/aromatic N) is 8. The smallest absolute Gasteiger partial charge is 0.284 e. The van der Waals surface area contributed by atoms with Crippen molar-refractivity contribution in [3.63, 3.8) is 0 Å². The fourth-order valence-electron chi connectivity index (χ4n) is 11.0. The molecule has 20 heteroatoms. The Bertz CT molecular complexity index is 2540. The average Bonchev–Trinajstić information content (AvgIpc) is 4.14. The Labute approximate surface area is 372 Å². The van der Waals surface area contributed by atoms with E-state index in [1.165, 1.54) is 16.9 Å². The number of alkyl halides is 2. The summed E-state index contributed by atoms with van der Waals surface area (Å²) in [5.41, 5.74) is 1.15.